The number of rotatable bonds is 11. The number of nitrogens with two attached hydrogens (primary N) is 1. The summed E-state index contributed by atoms with van der Waals surface area (Å²) in [5.41, 5.74) is 9.45. The van der Waals surface area contributed by atoms with Crippen LogP contribution in [0.2, 0.25) is 0 Å². The highest BCUT2D eigenvalue weighted by molar-refractivity contribution is 7.98. The second-order valence-electron chi connectivity index (χ2n) is 7.55. The van der Waals surface area contributed by atoms with E-state index in [0.717, 1.165) is 29.1 Å². The van der Waals surface area contributed by atoms with Crippen molar-refractivity contribution < 1.29 is 9.15 Å². The second kappa shape index (κ2) is 12.0. The molecule has 0 aliphatic heterocycles. The average Bonchev–Trinajstić information content (AvgIpc) is 3.33. The number of nitrogens with zero attached hydrogens (tertiary/aromatic N) is 2. The van der Waals surface area contributed by atoms with Crippen LogP contribution in [0.25, 0.3) is 17.5 Å². The van der Waals surface area contributed by atoms with E-state index < -0.39 is 0 Å². The molecular formula is C27H27N3O2S. The third kappa shape index (κ3) is 7.34. The summed E-state index contributed by atoms with van der Waals surface area (Å²) in [7, 11) is 0. The summed E-state index contributed by atoms with van der Waals surface area (Å²) in [6.45, 7) is 0.639. The van der Waals surface area contributed by atoms with E-state index in [0.29, 0.717) is 24.1 Å². The predicted molar refractivity (Wildman–Crippen MR) is 135 cm³/mol. The number of hydrogen-bond acceptors (Lipinski definition) is 6. The third-order valence-corrected chi connectivity index (χ3v) is 5.85. The minimum Gasteiger partial charge on any atom is -0.493 e. The minimum absolute atomic E-state index is 0.0267. The fourth-order valence-electron chi connectivity index (χ4n) is 3.25. The molecule has 3 aromatic carbocycles. The summed E-state index contributed by atoms with van der Waals surface area (Å²) in [5.74, 6) is 3.54. The van der Waals surface area contributed by atoms with Crippen LogP contribution in [0.4, 0.5) is 0 Å². The third-order valence-electron chi connectivity index (χ3n) is 4.94. The molecule has 0 saturated carbocycles. The Kier molecular flexibility index (Phi) is 8.33. The van der Waals surface area contributed by atoms with E-state index in [1.165, 1.54) is 5.56 Å². The molecule has 0 radical (unpaired) electrons. The number of benzene rings is 3. The van der Waals surface area contributed by atoms with Crippen LogP contribution in [0.15, 0.2) is 95.4 Å². The maximum absolute atomic E-state index is 6.24. The molecule has 0 bridgehead atoms. The quantitative estimate of drug-likeness (QED) is 0.294. The maximum Gasteiger partial charge on any atom is 0.247 e. The van der Waals surface area contributed by atoms with Gasteiger partial charge in [-0.05, 0) is 41.8 Å². The van der Waals surface area contributed by atoms with Gasteiger partial charge in [-0.3, -0.25) is 0 Å². The topological polar surface area (TPSA) is 74.2 Å². The van der Waals surface area contributed by atoms with Gasteiger partial charge in [-0.25, -0.2) is 0 Å². The fraction of sp³-hybridized carbons (Fsp3) is 0.185. The molecule has 0 spiro atoms. The molecule has 4 aromatic rings. The zero-order valence-corrected chi connectivity index (χ0v) is 19.2. The zero-order valence-electron chi connectivity index (χ0n) is 18.3. The number of ether oxygens (including phenoxy) is 1. The number of thioether (sulfide) groups is 1. The number of para-hydroxylation sites is 1. The molecule has 4 rings (SSSR count). The van der Waals surface area contributed by atoms with Crippen LogP contribution in [0, 0.1) is 0 Å². The van der Waals surface area contributed by atoms with Gasteiger partial charge < -0.3 is 14.9 Å². The summed E-state index contributed by atoms with van der Waals surface area (Å²) in [5, 5.41) is 8.35. The highest BCUT2D eigenvalue weighted by atomic mass is 32.2. The van der Waals surface area contributed by atoms with Crippen LogP contribution in [0.1, 0.15) is 17.0 Å². The predicted octanol–water partition coefficient (Wildman–Crippen LogP) is 5.63. The van der Waals surface area contributed by atoms with Gasteiger partial charge >= 0.3 is 0 Å². The van der Waals surface area contributed by atoms with Crippen molar-refractivity contribution in [3.05, 3.63) is 108 Å². The SMILES string of the molecule is NC(C=Cc1ccc(-c2nnc(CSCCOc3ccccc3)o2)cc1)Cc1ccccc1. The Morgan fingerprint density at radius 1 is 0.909 bits per heavy atom. The standard InChI is InChI=1S/C27H27N3O2S/c28-24(19-22-7-3-1-4-8-22)16-13-21-11-14-23(15-12-21)27-30-29-26(32-27)20-33-18-17-31-25-9-5-2-6-10-25/h1-16,24H,17-20,28H2. The van der Waals surface area contributed by atoms with Crippen molar-refractivity contribution in [1.29, 1.82) is 0 Å². The first kappa shape index (κ1) is 22.8. The molecule has 1 unspecified atom stereocenters. The zero-order chi connectivity index (χ0) is 22.7. The van der Waals surface area contributed by atoms with Crippen molar-refractivity contribution in [2.24, 2.45) is 5.73 Å². The van der Waals surface area contributed by atoms with Gasteiger partial charge in [-0.15, -0.1) is 22.0 Å². The summed E-state index contributed by atoms with van der Waals surface area (Å²) < 4.78 is 11.5. The molecular weight excluding hydrogens is 430 g/mol. The van der Waals surface area contributed by atoms with E-state index in [1.807, 2.05) is 84.9 Å². The van der Waals surface area contributed by atoms with Gasteiger partial charge in [0, 0.05) is 17.4 Å². The minimum atomic E-state index is -0.0267. The Morgan fingerprint density at radius 3 is 2.39 bits per heavy atom. The molecule has 6 heteroatoms. The fourth-order valence-corrected chi connectivity index (χ4v) is 3.89. The van der Waals surface area contributed by atoms with Crippen LogP contribution < -0.4 is 10.5 Å². The van der Waals surface area contributed by atoms with Crippen molar-refractivity contribution in [1.82, 2.24) is 10.2 Å². The van der Waals surface area contributed by atoms with Gasteiger partial charge in [0.05, 0.1) is 12.4 Å². The van der Waals surface area contributed by atoms with Crippen molar-refractivity contribution in [3.8, 4) is 17.2 Å². The summed E-state index contributed by atoms with van der Waals surface area (Å²) in [6, 6.07) is 28.1. The van der Waals surface area contributed by atoms with Gasteiger partial charge in [0.2, 0.25) is 11.8 Å². The molecule has 0 saturated heterocycles. The van der Waals surface area contributed by atoms with Gasteiger partial charge in [-0.1, -0.05) is 72.8 Å². The van der Waals surface area contributed by atoms with E-state index >= 15 is 0 Å². The molecule has 1 heterocycles. The Morgan fingerprint density at radius 2 is 1.64 bits per heavy atom. The molecule has 1 aromatic heterocycles. The van der Waals surface area contributed by atoms with Gasteiger partial charge in [-0.2, -0.15) is 0 Å². The average molecular weight is 458 g/mol. The monoisotopic (exact) mass is 457 g/mol. The number of hydrogen-bond donors (Lipinski definition) is 1. The summed E-state index contributed by atoms with van der Waals surface area (Å²) >= 11 is 1.70. The lowest BCUT2D eigenvalue weighted by Gasteiger charge is -2.06. The van der Waals surface area contributed by atoms with E-state index in [4.69, 9.17) is 14.9 Å². The normalized spacial score (nSPS) is 12.2. The summed E-state index contributed by atoms with van der Waals surface area (Å²) in [4.78, 5) is 0. The number of aromatic nitrogens is 2. The van der Waals surface area contributed by atoms with Gasteiger partial charge in [0.1, 0.15) is 5.75 Å². The van der Waals surface area contributed by atoms with Crippen LogP contribution in [0.3, 0.4) is 0 Å². The van der Waals surface area contributed by atoms with Crippen LogP contribution in [-0.4, -0.2) is 28.6 Å². The van der Waals surface area contributed by atoms with Crippen molar-refractivity contribution in [2.75, 3.05) is 12.4 Å². The Bertz CT molecular complexity index is 1130. The highest BCUT2D eigenvalue weighted by Gasteiger charge is 2.08. The Labute approximate surface area is 198 Å². The van der Waals surface area contributed by atoms with Crippen molar-refractivity contribution in [2.45, 2.75) is 18.2 Å². The van der Waals surface area contributed by atoms with E-state index in [-0.39, 0.29) is 6.04 Å². The van der Waals surface area contributed by atoms with Gasteiger partial charge in [0.15, 0.2) is 0 Å². The maximum atomic E-state index is 6.24. The van der Waals surface area contributed by atoms with E-state index in [9.17, 15) is 0 Å². The molecule has 0 aliphatic rings. The first-order valence-electron chi connectivity index (χ1n) is 10.9. The first-order valence-corrected chi connectivity index (χ1v) is 12.1. The molecule has 0 aliphatic carbocycles. The first-order chi connectivity index (χ1) is 16.3. The van der Waals surface area contributed by atoms with Gasteiger partial charge in [0.25, 0.3) is 0 Å². The van der Waals surface area contributed by atoms with E-state index in [1.54, 1.807) is 11.8 Å². The Hall–Kier alpha value is -3.35. The molecule has 33 heavy (non-hydrogen) atoms. The highest BCUT2D eigenvalue weighted by Crippen LogP contribution is 2.21. The lowest BCUT2D eigenvalue weighted by atomic mass is 10.0. The lowest BCUT2D eigenvalue weighted by molar-refractivity contribution is 0.344. The van der Waals surface area contributed by atoms with Crippen LogP contribution >= 0.6 is 11.8 Å². The Balaban J connectivity index is 1.22. The summed E-state index contributed by atoms with van der Waals surface area (Å²) in [6.07, 6.45) is 4.90. The molecule has 0 amide bonds. The van der Waals surface area contributed by atoms with Crippen molar-refractivity contribution >= 4 is 17.8 Å². The lowest BCUT2D eigenvalue weighted by Crippen LogP contribution is -2.19. The molecule has 1 atom stereocenters. The smallest absolute Gasteiger partial charge is 0.247 e. The molecule has 5 nitrogen and oxygen atoms in total. The largest absolute Gasteiger partial charge is 0.493 e. The van der Waals surface area contributed by atoms with Crippen LogP contribution in [-0.2, 0) is 12.2 Å². The molecule has 0 fully saturated rings. The molecule has 2 N–H and O–H groups in total. The van der Waals surface area contributed by atoms with Crippen LogP contribution in [0.5, 0.6) is 5.75 Å². The van der Waals surface area contributed by atoms with Crippen molar-refractivity contribution in [3.63, 3.8) is 0 Å². The van der Waals surface area contributed by atoms with E-state index in [2.05, 4.69) is 22.3 Å². The second-order valence-corrected chi connectivity index (χ2v) is 8.65. The molecule has 168 valence electrons.